The molecule has 1 aromatic carbocycles. The molecule has 3 nitrogen and oxygen atoms in total. The minimum absolute atomic E-state index is 0. The molecule has 0 aliphatic heterocycles. The first-order valence-electron chi connectivity index (χ1n) is 3.55. The van der Waals surface area contributed by atoms with Crippen LogP contribution in [0.15, 0.2) is 41.1 Å². The Morgan fingerprint density at radius 1 is 1.15 bits per heavy atom. The van der Waals surface area contributed by atoms with Gasteiger partial charge in [-0.2, -0.15) is 0 Å². The Labute approximate surface area is 81.4 Å². The minimum Gasteiger partial charge on any atom is -0.508 e. The van der Waals surface area contributed by atoms with E-state index >= 15 is 0 Å². The number of hydrogen-bond donors (Lipinski definition) is 1. The van der Waals surface area contributed by atoms with E-state index in [1.807, 2.05) is 0 Å². The summed E-state index contributed by atoms with van der Waals surface area (Å²) >= 11 is 0. The quantitative estimate of drug-likeness (QED) is 0.764. The summed E-state index contributed by atoms with van der Waals surface area (Å²) in [6, 6.07) is 6.70. The van der Waals surface area contributed by atoms with Crippen LogP contribution in [-0.4, -0.2) is 10.1 Å². The van der Waals surface area contributed by atoms with E-state index in [0.717, 1.165) is 5.56 Å². The fraction of sp³-hybridized carbons (Fsp3) is 0. The number of halogens is 1. The highest BCUT2D eigenvalue weighted by Crippen LogP contribution is 2.19. The zero-order valence-electron chi connectivity index (χ0n) is 6.68. The second-order valence-electron chi connectivity index (χ2n) is 2.38. The van der Waals surface area contributed by atoms with E-state index in [1.165, 1.54) is 6.26 Å². The number of aromatic nitrogens is 1. The standard InChI is InChI=1S/C9H7NO2.ClH/c11-8-3-1-7(2-4-8)9-10-5-6-12-9;/h1-6,11H;1H. The maximum Gasteiger partial charge on any atom is 0.225 e. The highest BCUT2D eigenvalue weighted by molar-refractivity contribution is 5.85. The molecule has 0 atom stereocenters. The van der Waals surface area contributed by atoms with Gasteiger partial charge in [-0.1, -0.05) is 0 Å². The second-order valence-corrected chi connectivity index (χ2v) is 2.38. The molecule has 0 saturated carbocycles. The van der Waals surface area contributed by atoms with Gasteiger partial charge in [0.05, 0.1) is 6.20 Å². The van der Waals surface area contributed by atoms with E-state index in [-0.39, 0.29) is 18.2 Å². The van der Waals surface area contributed by atoms with Crippen molar-refractivity contribution in [1.29, 1.82) is 0 Å². The van der Waals surface area contributed by atoms with E-state index in [0.29, 0.717) is 5.89 Å². The number of oxazole rings is 1. The Balaban J connectivity index is 0.000000845. The molecule has 68 valence electrons. The molecule has 1 N–H and O–H groups in total. The number of benzene rings is 1. The van der Waals surface area contributed by atoms with Gasteiger partial charge in [-0.3, -0.25) is 0 Å². The molecule has 0 saturated heterocycles. The third kappa shape index (κ3) is 2.00. The van der Waals surface area contributed by atoms with Crippen LogP contribution < -0.4 is 0 Å². The fourth-order valence-corrected chi connectivity index (χ4v) is 0.970. The highest BCUT2D eigenvalue weighted by Gasteiger charge is 2.00. The molecule has 13 heavy (non-hydrogen) atoms. The van der Waals surface area contributed by atoms with Crippen molar-refractivity contribution < 1.29 is 9.52 Å². The lowest BCUT2D eigenvalue weighted by atomic mass is 10.2. The van der Waals surface area contributed by atoms with Gasteiger partial charge in [0.2, 0.25) is 5.89 Å². The Bertz CT molecular complexity index is 356. The van der Waals surface area contributed by atoms with Crippen LogP contribution in [0.4, 0.5) is 0 Å². The molecule has 1 aromatic heterocycles. The van der Waals surface area contributed by atoms with Crippen molar-refractivity contribution in [2.45, 2.75) is 0 Å². The van der Waals surface area contributed by atoms with Crippen LogP contribution in [0.25, 0.3) is 11.5 Å². The Hall–Kier alpha value is -1.48. The number of nitrogens with zero attached hydrogens (tertiary/aromatic N) is 1. The molecule has 0 fully saturated rings. The van der Waals surface area contributed by atoms with Gasteiger partial charge in [0, 0.05) is 5.56 Å². The maximum atomic E-state index is 9.00. The van der Waals surface area contributed by atoms with Gasteiger partial charge in [0.15, 0.2) is 0 Å². The SMILES string of the molecule is Cl.Oc1ccc(-c2ncco2)cc1. The smallest absolute Gasteiger partial charge is 0.225 e. The lowest BCUT2D eigenvalue weighted by molar-refractivity contribution is 0.475. The molecule has 0 unspecified atom stereocenters. The van der Waals surface area contributed by atoms with Gasteiger partial charge in [-0.05, 0) is 24.3 Å². The molecule has 1 heterocycles. The van der Waals surface area contributed by atoms with E-state index < -0.39 is 0 Å². The summed E-state index contributed by atoms with van der Waals surface area (Å²) in [6.45, 7) is 0. The van der Waals surface area contributed by atoms with E-state index in [1.54, 1.807) is 30.5 Å². The van der Waals surface area contributed by atoms with Gasteiger partial charge in [0.25, 0.3) is 0 Å². The lowest BCUT2D eigenvalue weighted by Gasteiger charge is -1.94. The third-order valence-corrected chi connectivity index (χ3v) is 1.55. The van der Waals surface area contributed by atoms with Crippen molar-refractivity contribution in [3.63, 3.8) is 0 Å². The van der Waals surface area contributed by atoms with Gasteiger partial charge in [-0.15, -0.1) is 12.4 Å². The summed E-state index contributed by atoms with van der Waals surface area (Å²) in [5.41, 5.74) is 0.859. The molecule has 4 heteroatoms. The zero-order valence-corrected chi connectivity index (χ0v) is 7.49. The van der Waals surface area contributed by atoms with Crippen LogP contribution >= 0.6 is 12.4 Å². The number of hydrogen-bond acceptors (Lipinski definition) is 3. The first-order chi connectivity index (χ1) is 5.86. The molecule has 0 amide bonds. The predicted octanol–water partition coefficient (Wildman–Crippen LogP) is 2.47. The zero-order chi connectivity index (χ0) is 8.39. The number of aromatic hydroxyl groups is 1. The first-order valence-corrected chi connectivity index (χ1v) is 3.55. The molecule has 0 bridgehead atoms. The molecular weight excluding hydrogens is 190 g/mol. The Morgan fingerprint density at radius 3 is 2.38 bits per heavy atom. The Kier molecular flexibility index (Phi) is 2.93. The highest BCUT2D eigenvalue weighted by atomic mass is 35.5. The Morgan fingerprint density at radius 2 is 1.85 bits per heavy atom. The first kappa shape index (κ1) is 9.61. The van der Waals surface area contributed by atoms with Crippen molar-refractivity contribution in [1.82, 2.24) is 4.98 Å². The third-order valence-electron chi connectivity index (χ3n) is 1.55. The van der Waals surface area contributed by atoms with Gasteiger partial charge < -0.3 is 9.52 Å². The van der Waals surface area contributed by atoms with Crippen LogP contribution in [0.5, 0.6) is 5.75 Å². The predicted molar refractivity (Wildman–Crippen MR) is 50.9 cm³/mol. The molecule has 0 spiro atoms. The van der Waals surface area contributed by atoms with Crippen LogP contribution in [0.1, 0.15) is 0 Å². The lowest BCUT2D eigenvalue weighted by Crippen LogP contribution is -1.74. The van der Waals surface area contributed by atoms with Crippen LogP contribution in [0.3, 0.4) is 0 Å². The summed E-state index contributed by atoms with van der Waals surface area (Å²) in [5, 5.41) is 9.00. The van der Waals surface area contributed by atoms with E-state index in [9.17, 15) is 0 Å². The van der Waals surface area contributed by atoms with Crippen molar-refractivity contribution >= 4 is 12.4 Å². The largest absolute Gasteiger partial charge is 0.508 e. The number of rotatable bonds is 1. The van der Waals surface area contributed by atoms with Crippen molar-refractivity contribution in [2.24, 2.45) is 0 Å². The molecule has 0 aliphatic rings. The average molecular weight is 198 g/mol. The van der Waals surface area contributed by atoms with E-state index in [4.69, 9.17) is 9.52 Å². The monoisotopic (exact) mass is 197 g/mol. The normalized spacial score (nSPS) is 9.23. The van der Waals surface area contributed by atoms with Crippen LogP contribution in [-0.2, 0) is 0 Å². The molecule has 0 radical (unpaired) electrons. The molecular formula is C9H8ClNO2. The van der Waals surface area contributed by atoms with Crippen molar-refractivity contribution in [3.8, 4) is 17.2 Å². The summed E-state index contributed by atoms with van der Waals surface area (Å²) in [6.07, 6.45) is 3.10. The number of phenols is 1. The summed E-state index contributed by atoms with van der Waals surface area (Å²) in [7, 11) is 0. The average Bonchev–Trinajstić information content (AvgIpc) is 2.58. The second kappa shape index (κ2) is 3.96. The fourth-order valence-electron chi connectivity index (χ4n) is 0.970. The summed E-state index contributed by atoms with van der Waals surface area (Å²) in [5.74, 6) is 0.806. The topological polar surface area (TPSA) is 46.3 Å². The van der Waals surface area contributed by atoms with E-state index in [2.05, 4.69) is 4.98 Å². The minimum atomic E-state index is 0. The summed E-state index contributed by atoms with van der Waals surface area (Å²) < 4.78 is 5.07. The molecule has 0 aliphatic carbocycles. The van der Waals surface area contributed by atoms with Gasteiger partial charge in [-0.25, -0.2) is 4.98 Å². The number of phenolic OH excluding ortho intramolecular Hbond substituents is 1. The van der Waals surface area contributed by atoms with Gasteiger partial charge in [0.1, 0.15) is 12.0 Å². The van der Waals surface area contributed by atoms with Crippen LogP contribution in [0.2, 0.25) is 0 Å². The molecule has 2 rings (SSSR count). The van der Waals surface area contributed by atoms with Crippen LogP contribution in [0, 0.1) is 0 Å². The van der Waals surface area contributed by atoms with Crippen molar-refractivity contribution in [3.05, 3.63) is 36.7 Å². The maximum absolute atomic E-state index is 9.00. The van der Waals surface area contributed by atoms with Crippen molar-refractivity contribution in [2.75, 3.05) is 0 Å². The van der Waals surface area contributed by atoms with Gasteiger partial charge >= 0.3 is 0 Å². The summed E-state index contributed by atoms with van der Waals surface area (Å²) in [4.78, 5) is 3.97. The molecule has 2 aromatic rings.